The third kappa shape index (κ3) is 4.87. The van der Waals surface area contributed by atoms with Crippen LogP contribution in [0.4, 0.5) is 0 Å². The fourth-order valence-corrected chi connectivity index (χ4v) is 3.79. The van der Waals surface area contributed by atoms with Gasteiger partial charge in [0.05, 0.1) is 11.2 Å². The Kier molecular flexibility index (Phi) is 6.18. The SMILES string of the molecule is CCN1CCN(Cc2ccc(CNC(=O)c3scnc3C)cc2)CC1. The maximum Gasteiger partial charge on any atom is 0.263 e. The summed E-state index contributed by atoms with van der Waals surface area (Å²) in [6, 6.07) is 8.56. The topological polar surface area (TPSA) is 48.5 Å². The number of carbonyl (C=O) groups excluding carboxylic acids is 1. The third-order valence-corrected chi connectivity index (χ3v) is 5.67. The molecule has 2 aromatic rings. The fraction of sp³-hybridized carbons (Fsp3) is 0.474. The second-order valence-electron chi connectivity index (χ2n) is 6.48. The molecule has 0 spiro atoms. The number of hydrogen-bond donors (Lipinski definition) is 1. The summed E-state index contributed by atoms with van der Waals surface area (Å²) in [5.41, 5.74) is 4.95. The molecule has 0 atom stereocenters. The van der Waals surface area contributed by atoms with Crippen LogP contribution in [0, 0.1) is 6.92 Å². The Bertz CT molecular complexity index is 690. The lowest BCUT2D eigenvalue weighted by atomic mass is 10.1. The maximum absolute atomic E-state index is 12.1. The molecule has 1 fully saturated rings. The molecule has 0 radical (unpaired) electrons. The number of aromatic nitrogens is 1. The molecule has 1 amide bonds. The molecule has 0 saturated carbocycles. The van der Waals surface area contributed by atoms with Crippen LogP contribution in [0.3, 0.4) is 0 Å². The minimum atomic E-state index is -0.0436. The summed E-state index contributed by atoms with van der Waals surface area (Å²) in [5, 5.41) is 2.97. The zero-order valence-electron chi connectivity index (χ0n) is 15.0. The molecular formula is C19H26N4OS. The Morgan fingerprint density at radius 2 is 1.76 bits per heavy atom. The van der Waals surface area contributed by atoms with Gasteiger partial charge in [-0.3, -0.25) is 9.69 Å². The molecular weight excluding hydrogens is 332 g/mol. The summed E-state index contributed by atoms with van der Waals surface area (Å²) in [6.07, 6.45) is 0. The van der Waals surface area contributed by atoms with E-state index in [9.17, 15) is 4.79 Å². The van der Waals surface area contributed by atoms with E-state index in [0.717, 1.165) is 50.5 Å². The first-order chi connectivity index (χ1) is 12.2. The van der Waals surface area contributed by atoms with Gasteiger partial charge in [0.2, 0.25) is 0 Å². The number of nitrogens with zero attached hydrogens (tertiary/aromatic N) is 3. The Balaban J connectivity index is 1.47. The van der Waals surface area contributed by atoms with Crippen molar-refractivity contribution in [1.82, 2.24) is 20.1 Å². The average molecular weight is 359 g/mol. The molecule has 1 aliphatic rings. The van der Waals surface area contributed by atoms with Crippen molar-refractivity contribution in [3.05, 3.63) is 51.5 Å². The number of thiazole rings is 1. The second kappa shape index (κ2) is 8.56. The zero-order valence-corrected chi connectivity index (χ0v) is 15.8. The van der Waals surface area contributed by atoms with Crippen LogP contribution in [0.15, 0.2) is 29.8 Å². The van der Waals surface area contributed by atoms with Gasteiger partial charge < -0.3 is 10.2 Å². The van der Waals surface area contributed by atoms with E-state index in [2.05, 4.69) is 51.3 Å². The molecule has 5 nitrogen and oxygen atoms in total. The van der Waals surface area contributed by atoms with Gasteiger partial charge in [0.1, 0.15) is 4.88 Å². The lowest BCUT2D eigenvalue weighted by Crippen LogP contribution is -2.45. The number of benzene rings is 1. The van der Waals surface area contributed by atoms with Crippen LogP contribution in [0.5, 0.6) is 0 Å². The van der Waals surface area contributed by atoms with E-state index in [1.807, 2.05) is 6.92 Å². The van der Waals surface area contributed by atoms with Gasteiger partial charge in [0.15, 0.2) is 0 Å². The molecule has 134 valence electrons. The zero-order chi connectivity index (χ0) is 17.6. The van der Waals surface area contributed by atoms with Crippen molar-refractivity contribution in [2.45, 2.75) is 26.9 Å². The minimum Gasteiger partial charge on any atom is -0.347 e. The largest absolute Gasteiger partial charge is 0.347 e. The standard InChI is InChI=1S/C19H26N4OS/c1-3-22-8-10-23(11-9-22)13-17-6-4-16(5-7-17)12-20-19(24)18-15(2)21-14-25-18/h4-7,14H,3,8-13H2,1-2H3,(H,20,24). The summed E-state index contributed by atoms with van der Waals surface area (Å²) in [4.78, 5) is 21.9. The summed E-state index contributed by atoms with van der Waals surface area (Å²) in [5.74, 6) is -0.0436. The summed E-state index contributed by atoms with van der Waals surface area (Å²) >= 11 is 1.38. The summed E-state index contributed by atoms with van der Waals surface area (Å²) in [7, 11) is 0. The number of hydrogen-bond acceptors (Lipinski definition) is 5. The molecule has 1 aromatic heterocycles. The molecule has 1 saturated heterocycles. The molecule has 1 aromatic carbocycles. The van der Waals surface area contributed by atoms with Crippen molar-refractivity contribution in [3.63, 3.8) is 0 Å². The highest BCUT2D eigenvalue weighted by atomic mass is 32.1. The van der Waals surface area contributed by atoms with Crippen LogP contribution in [0.25, 0.3) is 0 Å². The van der Waals surface area contributed by atoms with Crippen LogP contribution in [0.2, 0.25) is 0 Å². The van der Waals surface area contributed by atoms with Gasteiger partial charge in [0, 0.05) is 39.3 Å². The Labute approximate surface area is 153 Å². The van der Waals surface area contributed by atoms with Crippen LogP contribution in [-0.4, -0.2) is 53.4 Å². The lowest BCUT2D eigenvalue weighted by molar-refractivity contribution is 0.0954. The number of nitrogens with one attached hydrogen (secondary N) is 1. The number of carbonyl (C=O) groups is 1. The Hall–Kier alpha value is -1.76. The number of amides is 1. The van der Waals surface area contributed by atoms with Crippen molar-refractivity contribution >= 4 is 17.2 Å². The van der Waals surface area contributed by atoms with E-state index in [1.54, 1.807) is 5.51 Å². The van der Waals surface area contributed by atoms with Gasteiger partial charge in [-0.05, 0) is 24.6 Å². The van der Waals surface area contributed by atoms with E-state index >= 15 is 0 Å². The first kappa shape index (κ1) is 18.0. The second-order valence-corrected chi connectivity index (χ2v) is 7.33. The highest BCUT2D eigenvalue weighted by molar-refractivity contribution is 7.11. The van der Waals surface area contributed by atoms with Crippen LogP contribution in [0.1, 0.15) is 33.4 Å². The number of piperazine rings is 1. The van der Waals surface area contributed by atoms with Crippen molar-refractivity contribution in [2.75, 3.05) is 32.7 Å². The molecule has 0 unspecified atom stereocenters. The van der Waals surface area contributed by atoms with Gasteiger partial charge in [-0.15, -0.1) is 11.3 Å². The van der Waals surface area contributed by atoms with E-state index in [1.165, 1.54) is 16.9 Å². The molecule has 0 bridgehead atoms. The van der Waals surface area contributed by atoms with Crippen molar-refractivity contribution in [3.8, 4) is 0 Å². The summed E-state index contributed by atoms with van der Waals surface area (Å²) < 4.78 is 0. The monoisotopic (exact) mass is 358 g/mol. The smallest absolute Gasteiger partial charge is 0.263 e. The van der Waals surface area contributed by atoms with Crippen LogP contribution in [-0.2, 0) is 13.1 Å². The summed E-state index contributed by atoms with van der Waals surface area (Å²) in [6.45, 7) is 11.4. The first-order valence-electron chi connectivity index (χ1n) is 8.86. The normalized spacial score (nSPS) is 16.1. The van der Waals surface area contributed by atoms with Gasteiger partial charge in [-0.1, -0.05) is 31.2 Å². The number of likely N-dealkylation sites (N-methyl/N-ethyl adjacent to an activating group) is 1. The average Bonchev–Trinajstić information content (AvgIpc) is 3.07. The number of rotatable bonds is 6. The highest BCUT2D eigenvalue weighted by Crippen LogP contribution is 2.13. The lowest BCUT2D eigenvalue weighted by Gasteiger charge is -2.34. The van der Waals surface area contributed by atoms with E-state index < -0.39 is 0 Å². The van der Waals surface area contributed by atoms with E-state index in [4.69, 9.17) is 0 Å². The predicted octanol–water partition coefficient (Wildman–Crippen LogP) is 2.52. The van der Waals surface area contributed by atoms with Gasteiger partial charge in [-0.25, -0.2) is 4.98 Å². The van der Waals surface area contributed by atoms with Crippen molar-refractivity contribution < 1.29 is 4.79 Å². The fourth-order valence-electron chi connectivity index (χ4n) is 3.07. The molecule has 1 N–H and O–H groups in total. The van der Waals surface area contributed by atoms with Gasteiger partial charge in [0.25, 0.3) is 5.91 Å². The predicted molar refractivity (Wildman–Crippen MR) is 102 cm³/mol. The van der Waals surface area contributed by atoms with Crippen molar-refractivity contribution in [2.24, 2.45) is 0 Å². The molecule has 25 heavy (non-hydrogen) atoms. The van der Waals surface area contributed by atoms with Crippen molar-refractivity contribution in [1.29, 1.82) is 0 Å². The highest BCUT2D eigenvalue weighted by Gasteiger charge is 2.15. The molecule has 0 aliphatic carbocycles. The molecule has 3 rings (SSSR count). The molecule has 1 aliphatic heterocycles. The molecule has 6 heteroatoms. The maximum atomic E-state index is 12.1. The van der Waals surface area contributed by atoms with Crippen LogP contribution >= 0.6 is 11.3 Å². The Morgan fingerprint density at radius 3 is 2.36 bits per heavy atom. The minimum absolute atomic E-state index is 0.0436. The number of aryl methyl sites for hydroxylation is 1. The quantitative estimate of drug-likeness (QED) is 0.862. The molecule has 2 heterocycles. The third-order valence-electron chi connectivity index (χ3n) is 4.75. The Morgan fingerprint density at radius 1 is 1.12 bits per heavy atom. The first-order valence-corrected chi connectivity index (χ1v) is 9.74. The van der Waals surface area contributed by atoms with E-state index in [0.29, 0.717) is 11.4 Å². The van der Waals surface area contributed by atoms with Gasteiger partial charge in [-0.2, -0.15) is 0 Å². The van der Waals surface area contributed by atoms with Crippen LogP contribution < -0.4 is 5.32 Å². The van der Waals surface area contributed by atoms with E-state index in [-0.39, 0.29) is 5.91 Å². The van der Waals surface area contributed by atoms with Gasteiger partial charge >= 0.3 is 0 Å².